The van der Waals surface area contributed by atoms with Crippen LogP contribution >= 0.6 is 0 Å². The molecule has 4 nitrogen and oxygen atoms in total. The molecule has 1 amide bonds. The molecule has 0 radical (unpaired) electrons. The maximum Gasteiger partial charge on any atom is 0.277 e. The van der Waals surface area contributed by atoms with E-state index in [2.05, 4.69) is 35.4 Å². The SMILES string of the molecule is CCCNCCN1C(=O)/C(=C/c2cccc3ccccc23)N=C1C. The summed E-state index contributed by atoms with van der Waals surface area (Å²) in [7, 11) is 0. The summed E-state index contributed by atoms with van der Waals surface area (Å²) >= 11 is 0. The van der Waals surface area contributed by atoms with Gasteiger partial charge in [-0.3, -0.25) is 9.69 Å². The third-order valence-corrected chi connectivity index (χ3v) is 4.19. The Morgan fingerprint density at radius 3 is 2.75 bits per heavy atom. The van der Waals surface area contributed by atoms with Gasteiger partial charge in [0, 0.05) is 13.1 Å². The Bertz CT molecular complexity index is 802. The standard InChI is InChI=1S/C20H23N3O/c1-3-11-21-12-13-23-15(2)22-19(20(23)24)14-17-9-6-8-16-7-4-5-10-18(16)17/h4-10,14,21H,3,11-13H2,1-2H3/b19-14-. The monoisotopic (exact) mass is 321 g/mol. The number of rotatable bonds is 6. The fourth-order valence-electron chi connectivity index (χ4n) is 2.94. The van der Waals surface area contributed by atoms with Crippen LogP contribution in [0.5, 0.6) is 0 Å². The highest BCUT2D eigenvalue weighted by molar-refractivity contribution is 6.14. The molecule has 24 heavy (non-hydrogen) atoms. The molecular weight excluding hydrogens is 298 g/mol. The molecule has 1 aliphatic heterocycles. The van der Waals surface area contributed by atoms with E-state index in [4.69, 9.17) is 0 Å². The van der Waals surface area contributed by atoms with Gasteiger partial charge in [0.25, 0.3) is 5.91 Å². The predicted molar refractivity (Wildman–Crippen MR) is 99.9 cm³/mol. The molecule has 0 fully saturated rings. The minimum absolute atomic E-state index is 0.0151. The van der Waals surface area contributed by atoms with Gasteiger partial charge in [-0.05, 0) is 42.3 Å². The molecule has 0 aromatic heterocycles. The van der Waals surface area contributed by atoms with Gasteiger partial charge >= 0.3 is 0 Å². The fourth-order valence-corrected chi connectivity index (χ4v) is 2.94. The zero-order valence-corrected chi connectivity index (χ0v) is 14.2. The molecule has 3 rings (SSSR count). The number of hydrogen-bond donors (Lipinski definition) is 1. The van der Waals surface area contributed by atoms with Crippen LogP contribution in [0.4, 0.5) is 0 Å². The zero-order valence-electron chi connectivity index (χ0n) is 14.2. The average Bonchev–Trinajstić information content (AvgIpc) is 2.86. The van der Waals surface area contributed by atoms with E-state index >= 15 is 0 Å². The van der Waals surface area contributed by atoms with Gasteiger partial charge in [-0.15, -0.1) is 0 Å². The lowest BCUT2D eigenvalue weighted by Crippen LogP contribution is -2.36. The molecule has 2 aromatic carbocycles. The van der Waals surface area contributed by atoms with Crippen LogP contribution in [0.15, 0.2) is 53.2 Å². The smallest absolute Gasteiger partial charge is 0.277 e. The molecule has 0 saturated carbocycles. The molecule has 0 unspecified atom stereocenters. The van der Waals surface area contributed by atoms with Crippen LogP contribution in [0.25, 0.3) is 16.8 Å². The fraction of sp³-hybridized carbons (Fsp3) is 0.300. The van der Waals surface area contributed by atoms with Crippen LogP contribution in [0.2, 0.25) is 0 Å². The number of aliphatic imine (C=N–C) groups is 1. The van der Waals surface area contributed by atoms with E-state index in [1.165, 1.54) is 5.39 Å². The Labute approximate surface area is 142 Å². The van der Waals surface area contributed by atoms with Crippen LogP contribution in [-0.2, 0) is 4.79 Å². The van der Waals surface area contributed by atoms with Gasteiger partial charge in [0.1, 0.15) is 11.5 Å². The lowest BCUT2D eigenvalue weighted by atomic mass is 10.0. The maximum absolute atomic E-state index is 12.6. The number of carbonyl (C=O) groups is 1. The molecule has 0 saturated heterocycles. The van der Waals surface area contributed by atoms with Crippen molar-refractivity contribution in [1.82, 2.24) is 10.2 Å². The number of hydrogen-bond acceptors (Lipinski definition) is 3. The van der Waals surface area contributed by atoms with Gasteiger partial charge in [0.15, 0.2) is 0 Å². The van der Waals surface area contributed by atoms with E-state index in [0.717, 1.165) is 36.3 Å². The molecule has 124 valence electrons. The van der Waals surface area contributed by atoms with E-state index in [1.54, 1.807) is 4.90 Å². The second kappa shape index (κ2) is 7.41. The first-order valence-electron chi connectivity index (χ1n) is 8.48. The summed E-state index contributed by atoms with van der Waals surface area (Å²) in [4.78, 5) is 18.9. The van der Waals surface area contributed by atoms with Gasteiger partial charge in [0.05, 0.1) is 0 Å². The first-order valence-corrected chi connectivity index (χ1v) is 8.48. The van der Waals surface area contributed by atoms with Crippen LogP contribution < -0.4 is 5.32 Å². The van der Waals surface area contributed by atoms with Crippen molar-refractivity contribution < 1.29 is 4.79 Å². The second-order valence-electron chi connectivity index (χ2n) is 5.96. The minimum atomic E-state index is -0.0151. The number of carbonyl (C=O) groups excluding carboxylic acids is 1. The predicted octanol–water partition coefficient (Wildman–Crippen LogP) is 3.44. The topological polar surface area (TPSA) is 44.7 Å². The largest absolute Gasteiger partial charge is 0.315 e. The lowest BCUT2D eigenvalue weighted by molar-refractivity contribution is -0.122. The molecule has 4 heteroatoms. The Hall–Kier alpha value is -2.46. The number of nitrogens with one attached hydrogen (secondary N) is 1. The molecule has 2 aromatic rings. The van der Waals surface area contributed by atoms with Crippen LogP contribution in [0.3, 0.4) is 0 Å². The third-order valence-electron chi connectivity index (χ3n) is 4.19. The van der Waals surface area contributed by atoms with Crippen molar-refractivity contribution >= 4 is 28.6 Å². The van der Waals surface area contributed by atoms with Crippen molar-refractivity contribution in [2.24, 2.45) is 4.99 Å². The molecule has 0 aliphatic carbocycles. The Morgan fingerprint density at radius 2 is 1.92 bits per heavy atom. The first-order chi connectivity index (χ1) is 11.7. The third kappa shape index (κ3) is 3.39. The molecule has 0 spiro atoms. The summed E-state index contributed by atoms with van der Waals surface area (Å²) in [5, 5.41) is 5.62. The Morgan fingerprint density at radius 1 is 1.12 bits per heavy atom. The highest BCUT2D eigenvalue weighted by Crippen LogP contribution is 2.23. The van der Waals surface area contributed by atoms with Crippen LogP contribution in [0.1, 0.15) is 25.8 Å². The number of benzene rings is 2. The highest BCUT2D eigenvalue weighted by atomic mass is 16.2. The van der Waals surface area contributed by atoms with Crippen molar-refractivity contribution in [2.75, 3.05) is 19.6 Å². The van der Waals surface area contributed by atoms with Gasteiger partial charge in [0.2, 0.25) is 0 Å². The van der Waals surface area contributed by atoms with Crippen molar-refractivity contribution in [3.63, 3.8) is 0 Å². The molecular formula is C20H23N3O. The Balaban J connectivity index is 1.82. The van der Waals surface area contributed by atoms with E-state index in [0.29, 0.717) is 12.2 Å². The van der Waals surface area contributed by atoms with E-state index in [1.807, 2.05) is 37.3 Å². The van der Waals surface area contributed by atoms with Crippen molar-refractivity contribution in [3.05, 3.63) is 53.7 Å². The Kier molecular flexibility index (Phi) is 5.06. The number of nitrogens with zero attached hydrogens (tertiary/aromatic N) is 2. The maximum atomic E-state index is 12.6. The number of fused-ring (bicyclic) bond motifs is 1. The van der Waals surface area contributed by atoms with E-state index < -0.39 is 0 Å². The summed E-state index contributed by atoms with van der Waals surface area (Å²) in [5.41, 5.74) is 1.54. The molecule has 1 heterocycles. The molecule has 0 bridgehead atoms. The van der Waals surface area contributed by atoms with Crippen molar-refractivity contribution in [1.29, 1.82) is 0 Å². The highest BCUT2D eigenvalue weighted by Gasteiger charge is 2.26. The van der Waals surface area contributed by atoms with E-state index in [-0.39, 0.29) is 5.91 Å². The number of amidine groups is 1. The summed E-state index contributed by atoms with van der Waals surface area (Å²) in [6, 6.07) is 14.3. The van der Waals surface area contributed by atoms with Crippen molar-refractivity contribution in [3.8, 4) is 0 Å². The zero-order chi connectivity index (χ0) is 16.9. The summed E-state index contributed by atoms with van der Waals surface area (Å²) < 4.78 is 0. The van der Waals surface area contributed by atoms with Crippen molar-refractivity contribution in [2.45, 2.75) is 20.3 Å². The molecule has 1 aliphatic rings. The van der Waals surface area contributed by atoms with Gasteiger partial charge in [-0.2, -0.15) is 0 Å². The molecule has 1 N–H and O–H groups in total. The van der Waals surface area contributed by atoms with E-state index in [9.17, 15) is 4.79 Å². The minimum Gasteiger partial charge on any atom is -0.315 e. The van der Waals surface area contributed by atoms with Crippen LogP contribution in [-0.4, -0.2) is 36.3 Å². The average molecular weight is 321 g/mol. The van der Waals surface area contributed by atoms with Gasteiger partial charge in [-0.25, -0.2) is 4.99 Å². The first kappa shape index (κ1) is 16.4. The quantitative estimate of drug-likeness (QED) is 0.654. The summed E-state index contributed by atoms with van der Waals surface area (Å²) in [6.45, 7) is 6.43. The summed E-state index contributed by atoms with van der Waals surface area (Å²) in [6.07, 6.45) is 2.99. The number of amides is 1. The lowest BCUT2D eigenvalue weighted by Gasteiger charge is -2.16. The van der Waals surface area contributed by atoms with Gasteiger partial charge < -0.3 is 5.32 Å². The van der Waals surface area contributed by atoms with Crippen LogP contribution in [0, 0.1) is 0 Å². The molecule has 0 atom stereocenters. The second-order valence-corrected chi connectivity index (χ2v) is 5.96. The van der Waals surface area contributed by atoms with Gasteiger partial charge in [-0.1, -0.05) is 49.4 Å². The normalized spacial score (nSPS) is 16.2. The summed E-state index contributed by atoms with van der Waals surface area (Å²) in [5.74, 6) is 0.753.